The number of fused-ring (bicyclic) bond motifs is 2. The lowest BCUT2D eigenvalue weighted by Gasteiger charge is -2.28. The van der Waals surface area contributed by atoms with E-state index in [1.165, 1.54) is 4.57 Å². The molecule has 1 saturated carbocycles. The van der Waals surface area contributed by atoms with Gasteiger partial charge in [-0.05, 0) is 38.7 Å². The molecule has 4 aromatic rings. The number of alkyl halides is 2. The summed E-state index contributed by atoms with van der Waals surface area (Å²) in [7, 11) is 0. The fourth-order valence-electron chi connectivity index (χ4n) is 4.63. The van der Waals surface area contributed by atoms with Crippen LogP contribution in [-0.2, 0) is 11.3 Å². The van der Waals surface area contributed by atoms with Gasteiger partial charge in [-0.3, -0.25) is 0 Å². The summed E-state index contributed by atoms with van der Waals surface area (Å²) in [6.07, 6.45) is 6.77. The molecule has 1 aliphatic carbocycles. The van der Waals surface area contributed by atoms with Gasteiger partial charge in [-0.15, -0.1) is 0 Å². The number of aromatic amines is 1. The molecule has 0 aliphatic heterocycles. The molecule has 34 heavy (non-hydrogen) atoms. The first-order valence-electron chi connectivity index (χ1n) is 11.5. The highest BCUT2D eigenvalue weighted by molar-refractivity contribution is 5.95. The topological polar surface area (TPSA) is 114 Å². The number of H-pyrrole nitrogens is 1. The van der Waals surface area contributed by atoms with E-state index in [0.29, 0.717) is 35.2 Å². The maximum Gasteiger partial charge on any atom is 0.256 e. The Hall–Kier alpha value is -3.18. The van der Waals surface area contributed by atoms with Crippen molar-refractivity contribution in [3.63, 3.8) is 0 Å². The van der Waals surface area contributed by atoms with Gasteiger partial charge >= 0.3 is 0 Å². The molecule has 0 aromatic carbocycles. The third-order valence-corrected chi connectivity index (χ3v) is 6.31. The van der Waals surface area contributed by atoms with E-state index >= 15 is 0 Å². The molecule has 180 valence electrons. The smallest absolute Gasteiger partial charge is 0.256 e. The van der Waals surface area contributed by atoms with Crippen molar-refractivity contribution in [2.24, 2.45) is 0 Å². The molecule has 11 heteroatoms. The van der Waals surface area contributed by atoms with Crippen LogP contribution >= 0.6 is 0 Å². The molecule has 5 rings (SSSR count). The van der Waals surface area contributed by atoms with Crippen LogP contribution in [-0.4, -0.2) is 66.4 Å². The Morgan fingerprint density at radius 1 is 1.21 bits per heavy atom. The summed E-state index contributed by atoms with van der Waals surface area (Å²) < 4.78 is 33.2. The number of halogens is 2. The number of hydrogen-bond acceptors (Lipinski definition) is 7. The van der Waals surface area contributed by atoms with Crippen LogP contribution in [0.15, 0.2) is 24.7 Å². The molecule has 0 radical (unpaired) electrons. The van der Waals surface area contributed by atoms with Crippen molar-refractivity contribution < 1.29 is 18.6 Å². The number of anilines is 1. The minimum Gasteiger partial charge on any atom is -0.394 e. The predicted molar refractivity (Wildman–Crippen MR) is 124 cm³/mol. The van der Waals surface area contributed by atoms with Crippen LogP contribution in [0.4, 0.5) is 14.7 Å². The second-order valence-electron chi connectivity index (χ2n) is 8.60. The lowest BCUT2D eigenvalue weighted by molar-refractivity contribution is 0.00719. The number of rotatable bonds is 8. The van der Waals surface area contributed by atoms with Gasteiger partial charge in [-0.25, -0.2) is 23.7 Å². The molecule has 3 N–H and O–H groups in total. The van der Waals surface area contributed by atoms with Crippen molar-refractivity contribution in [1.82, 2.24) is 29.5 Å². The van der Waals surface area contributed by atoms with Crippen LogP contribution in [0.5, 0.6) is 0 Å². The van der Waals surface area contributed by atoms with Gasteiger partial charge in [-0.2, -0.15) is 4.98 Å². The van der Waals surface area contributed by atoms with Crippen LogP contribution in [0.1, 0.15) is 31.5 Å². The van der Waals surface area contributed by atoms with E-state index in [1.807, 2.05) is 12.3 Å². The number of aliphatic hydroxyl groups excluding tert-OH is 1. The summed E-state index contributed by atoms with van der Waals surface area (Å²) in [5, 5.41) is 13.1. The number of imidazole rings is 1. The number of aryl methyl sites for hydroxylation is 1. The van der Waals surface area contributed by atoms with Gasteiger partial charge in [-0.1, -0.05) is 0 Å². The lowest BCUT2D eigenvalue weighted by atomic mass is 9.93. The van der Waals surface area contributed by atoms with Gasteiger partial charge < -0.3 is 24.7 Å². The quantitative estimate of drug-likeness (QED) is 0.359. The summed E-state index contributed by atoms with van der Waals surface area (Å²) in [6, 6.07) is 2.10. The Bertz CT molecular complexity index is 1280. The Kier molecular flexibility index (Phi) is 6.38. The maximum atomic E-state index is 13.1. The number of nitrogens with zero attached hydrogens (tertiary/aromatic N) is 5. The van der Waals surface area contributed by atoms with Crippen LogP contribution in [0.2, 0.25) is 0 Å². The minimum atomic E-state index is -2.48. The highest BCUT2D eigenvalue weighted by Crippen LogP contribution is 2.30. The zero-order valence-electron chi connectivity index (χ0n) is 18.8. The number of aliphatic hydroxyl groups is 1. The molecular formula is C23H27F2N7O2. The zero-order valence-corrected chi connectivity index (χ0v) is 18.8. The number of ether oxygens (including phenoxy) is 1. The molecule has 0 unspecified atom stereocenters. The average Bonchev–Trinajstić information content (AvgIpc) is 3.38. The van der Waals surface area contributed by atoms with Gasteiger partial charge in [0.05, 0.1) is 31.4 Å². The van der Waals surface area contributed by atoms with Crippen molar-refractivity contribution in [3.8, 4) is 11.1 Å². The first-order valence-corrected chi connectivity index (χ1v) is 11.5. The number of aromatic nitrogens is 6. The van der Waals surface area contributed by atoms with Gasteiger partial charge in [0.25, 0.3) is 6.43 Å². The molecule has 1 fully saturated rings. The van der Waals surface area contributed by atoms with Crippen molar-refractivity contribution in [2.45, 2.75) is 57.7 Å². The second-order valence-corrected chi connectivity index (χ2v) is 8.60. The van der Waals surface area contributed by atoms with Crippen molar-refractivity contribution in [3.05, 3.63) is 30.5 Å². The zero-order chi connectivity index (χ0) is 23.7. The van der Waals surface area contributed by atoms with E-state index in [2.05, 4.69) is 30.2 Å². The van der Waals surface area contributed by atoms with E-state index in [1.54, 1.807) is 19.3 Å². The molecule has 0 bridgehead atoms. The summed E-state index contributed by atoms with van der Waals surface area (Å²) in [5.74, 6) is 1.06. The van der Waals surface area contributed by atoms with Crippen molar-refractivity contribution >= 4 is 28.1 Å². The van der Waals surface area contributed by atoms with E-state index in [0.717, 1.165) is 42.2 Å². The Morgan fingerprint density at radius 2 is 2.03 bits per heavy atom. The highest BCUT2D eigenvalue weighted by Gasteiger charge is 2.22. The third kappa shape index (κ3) is 4.58. The lowest BCUT2D eigenvalue weighted by Crippen LogP contribution is -2.30. The Morgan fingerprint density at radius 3 is 2.79 bits per heavy atom. The second kappa shape index (κ2) is 9.59. The van der Waals surface area contributed by atoms with Gasteiger partial charge in [0, 0.05) is 41.1 Å². The average molecular weight is 472 g/mol. The predicted octanol–water partition coefficient (Wildman–Crippen LogP) is 3.68. The molecule has 4 aromatic heterocycles. The van der Waals surface area contributed by atoms with E-state index < -0.39 is 13.0 Å². The van der Waals surface area contributed by atoms with Gasteiger partial charge in [0.2, 0.25) is 5.95 Å². The van der Waals surface area contributed by atoms with Crippen LogP contribution < -0.4 is 5.32 Å². The van der Waals surface area contributed by atoms with Crippen molar-refractivity contribution in [1.29, 1.82) is 0 Å². The Labute approximate surface area is 194 Å². The fraction of sp³-hybridized carbons (Fsp3) is 0.478. The first-order chi connectivity index (χ1) is 16.5. The minimum absolute atomic E-state index is 0.0487. The fourth-order valence-corrected chi connectivity index (χ4v) is 4.63. The molecule has 4 heterocycles. The number of nitrogens with one attached hydrogen (secondary N) is 2. The van der Waals surface area contributed by atoms with E-state index in [-0.39, 0.29) is 18.8 Å². The summed E-state index contributed by atoms with van der Waals surface area (Å²) in [5.41, 5.74) is 3.33. The maximum absolute atomic E-state index is 13.1. The molecular weight excluding hydrogens is 444 g/mol. The van der Waals surface area contributed by atoms with Gasteiger partial charge in [0.1, 0.15) is 11.5 Å². The van der Waals surface area contributed by atoms with E-state index in [4.69, 9.17) is 9.84 Å². The summed E-state index contributed by atoms with van der Waals surface area (Å²) in [6.45, 7) is 1.71. The molecule has 0 atom stereocenters. The van der Waals surface area contributed by atoms with Gasteiger partial charge in [0.15, 0.2) is 5.65 Å². The highest BCUT2D eigenvalue weighted by atomic mass is 19.3. The van der Waals surface area contributed by atoms with Crippen LogP contribution in [0.3, 0.4) is 0 Å². The molecule has 0 saturated heterocycles. The third-order valence-electron chi connectivity index (χ3n) is 6.31. The number of hydrogen-bond donors (Lipinski definition) is 3. The van der Waals surface area contributed by atoms with Crippen molar-refractivity contribution in [2.75, 3.05) is 18.5 Å². The molecule has 0 spiro atoms. The first kappa shape index (κ1) is 22.6. The summed E-state index contributed by atoms with van der Waals surface area (Å²) in [4.78, 5) is 21.0. The van der Waals surface area contributed by atoms with E-state index in [9.17, 15) is 8.78 Å². The van der Waals surface area contributed by atoms with Crippen LogP contribution in [0.25, 0.3) is 33.3 Å². The number of pyridine rings is 1. The SMILES string of the molecule is Cc1nc2ncc(-c3c[nH]c4nc(NC5CCC(OCCO)CC5)ncc34)cc2n1CC(F)F. The monoisotopic (exact) mass is 471 g/mol. The molecule has 1 aliphatic rings. The molecule has 9 nitrogen and oxygen atoms in total. The summed E-state index contributed by atoms with van der Waals surface area (Å²) >= 11 is 0. The largest absolute Gasteiger partial charge is 0.394 e. The normalized spacial score (nSPS) is 18.9. The molecule has 0 amide bonds. The Balaban J connectivity index is 1.35. The van der Waals surface area contributed by atoms with Crippen LogP contribution in [0, 0.1) is 6.92 Å². The standard InChI is InChI=1S/C23H27F2N7O2/c1-13-29-22-19(32(13)12-20(24)25)8-14(9-26-22)17-10-27-21-18(17)11-28-23(31-21)30-15-2-4-16(5-3-15)34-7-6-33/h8-11,15-16,20,33H,2-7,12H2,1H3,(H2,27,28,30,31).